The number of carbonyl (C=O) groups excluding carboxylic acids is 2. The predicted octanol–water partition coefficient (Wildman–Crippen LogP) is 3.13. The number of carbonyl (C=O) groups is 2. The van der Waals surface area contributed by atoms with Crippen LogP contribution in [0.4, 0.5) is 0 Å². The van der Waals surface area contributed by atoms with Crippen LogP contribution in [0.2, 0.25) is 0 Å². The van der Waals surface area contributed by atoms with Crippen molar-refractivity contribution in [2.75, 3.05) is 6.54 Å². The molecule has 2 amide bonds. The molecule has 0 aromatic heterocycles. The number of nitrogens with zero attached hydrogens (tertiary/aromatic N) is 1. The molecule has 0 heterocycles. The third-order valence-corrected chi connectivity index (χ3v) is 3.73. The summed E-state index contributed by atoms with van der Waals surface area (Å²) in [6, 6.07) is 19.4. The molecular weight excluding hydrogens is 300 g/mol. The molecule has 1 N–H and O–H groups in total. The molecular formula is C20H24N2O2. The van der Waals surface area contributed by atoms with E-state index in [1.807, 2.05) is 67.6 Å². The van der Waals surface area contributed by atoms with Gasteiger partial charge in [0.25, 0.3) is 0 Å². The van der Waals surface area contributed by atoms with E-state index in [4.69, 9.17) is 0 Å². The molecule has 4 heteroatoms. The minimum absolute atomic E-state index is 0.412. The number of nitrogens with one attached hydrogen (secondary N) is 1. The summed E-state index contributed by atoms with van der Waals surface area (Å²) in [7, 11) is 0. The molecule has 0 aliphatic heterocycles. The predicted molar refractivity (Wildman–Crippen MR) is 95.1 cm³/mol. The summed E-state index contributed by atoms with van der Waals surface area (Å²) in [5, 5.41) is 2.71. The third kappa shape index (κ3) is 5.54. The Hall–Kier alpha value is -2.62. The van der Waals surface area contributed by atoms with E-state index in [0.29, 0.717) is 19.6 Å². The van der Waals surface area contributed by atoms with Crippen molar-refractivity contribution in [2.24, 2.45) is 0 Å². The van der Waals surface area contributed by atoms with Gasteiger partial charge in [0.2, 0.25) is 0 Å². The van der Waals surface area contributed by atoms with Crippen LogP contribution in [0.3, 0.4) is 0 Å². The number of hydrogen-bond donors (Lipinski definition) is 1. The monoisotopic (exact) mass is 324 g/mol. The fourth-order valence-electron chi connectivity index (χ4n) is 2.41. The Morgan fingerprint density at radius 2 is 1.38 bits per heavy atom. The molecule has 0 radical (unpaired) electrons. The first-order valence-corrected chi connectivity index (χ1v) is 8.35. The second kappa shape index (κ2) is 9.50. The van der Waals surface area contributed by atoms with Gasteiger partial charge in [0.1, 0.15) is 0 Å². The van der Waals surface area contributed by atoms with Gasteiger partial charge in [-0.1, -0.05) is 74.0 Å². The van der Waals surface area contributed by atoms with Gasteiger partial charge in [-0.05, 0) is 17.5 Å². The normalized spacial score (nSPS) is 10.2. The maximum atomic E-state index is 12.6. The zero-order chi connectivity index (χ0) is 17.2. The second-order valence-electron chi connectivity index (χ2n) is 5.74. The highest BCUT2D eigenvalue weighted by Crippen LogP contribution is 2.10. The van der Waals surface area contributed by atoms with Gasteiger partial charge in [-0.25, -0.2) is 0 Å². The van der Waals surface area contributed by atoms with Crippen LogP contribution in [0.25, 0.3) is 0 Å². The van der Waals surface area contributed by atoms with E-state index in [0.717, 1.165) is 24.0 Å². The van der Waals surface area contributed by atoms with Crippen molar-refractivity contribution >= 4 is 11.8 Å². The van der Waals surface area contributed by atoms with Gasteiger partial charge in [0.15, 0.2) is 0 Å². The van der Waals surface area contributed by atoms with E-state index in [9.17, 15) is 9.59 Å². The number of amides is 2. The van der Waals surface area contributed by atoms with E-state index in [2.05, 4.69) is 5.32 Å². The Balaban J connectivity index is 2.09. The Bertz CT molecular complexity index is 600. The van der Waals surface area contributed by atoms with Crippen molar-refractivity contribution in [3.63, 3.8) is 0 Å². The average Bonchev–Trinajstić information content (AvgIpc) is 2.62. The molecule has 126 valence electrons. The summed E-state index contributed by atoms with van der Waals surface area (Å²) in [4.78, 5) is 26.3. The fraction of sp³-hybridized carbons (Fsp3) is 0.300. The van der Waals surface area contributed by atoms with Crippen molar-refractivity contribution < 1.29 is 9.59 Å². The first-order valence-electron chi connectivity index (χ1n) is 8.35. The van der Waals surface area contributed by atoms with Gasteiger partial charge >= 0.3 is 11.8 Å². The maximum absolute atomic E-state index is 12.6. The highest BCUT2D eigenvalue weighted by molar-refractivity contribution is 6.34. The Morgan fingerprint density at radius 1 is 0.875 bits per heavy atom. The number of hydrogen-bond acceptors (Lipinski definition) is 2. The van der Waals surface area contributed by atoms with E-state index >= 15 is 0 Å². The molecule has 0 aliphatic rings. The number of unbranched alkanes of at least 4 members (excludes halogenated alkanes) is 1. The average molecular weight is 324 g/mol. The minimum Gasteiger partial charge on any atom is -0.348 e. The molecule has 2 aromatic carbocycles. The SMILES string of the molecule is CCCCNC(=O)C(=O)N(Cc1ccccc1)Cc1ccccc1. The van der Waals surface area contributed by atoms with Crippen LogP contribution in [0.15, 0.2) is 60.7 Å². The van der Waals surface area contributed by atoms with Gasteiger partial charge in [-0.15, -0.1) is 0 Å². The lowest BCUT2D eigenvalue weighted by Gasteiger charge is -2.22. The number of benzene rings is 2. The van der Waals surface area contributed by atoms with E-state index in [-0.39, 0.29) is 0 Å². The lowest BCUT2D eigenvalue weighted by atomic mass is 10.1. The quantitative estimate of drug-likeness (QED) is 0.628. The maximum Gasteiger partial charge on any atom is 0.312 e. The molecule has 24 heavy (non-hydrogen) atoms. The molecule has 0 atom stereocenters. The van der Waals surface area contributed by atoms with Crippen LogP contribution >= 0.6 is 0 Å². The second-order valence-corrected chi connectivity index (χ2v) is 5.74. The molecule has 4 nitrogen and oxygen atoms in total. The van der Waals surface area contributed by atoms with Crippen molar-refractivity contribution in [3.8, 4) is 0 Å². The molecule has 0 saturated heterocycles. The summed E-state index contributed by atoms with van der Waals surface area (Å²) in [5.41, 5.74) is 2.01. The van der Waals surface area contributed by atoms with Crippen LogP contribution in [-0.2, 0) is 22.7 Å². The molecule has 0 spiro atoms. The number of rotatable bonds is 7. The van der Waals surface area contributed by atoms with Crippen molar-refractivity contribution in [2.45, 2.75) is 32.9 Å². The van der Waals surface area contributed by atoms with E-state index in [1.165, 1.54) is 0 Å². The van der Waals surface area contributed by atoms with Gasteiger partial charge in [0.05, 0.1) is 0 Å². The minimum atomic E-state index is -0.532. The van der Waals surface area contributed by atoms with Gasteiger partial charge < -0.3 is 10.2 Å². The molecule has 0 saturated carbocycles. The zero-order valence-corrected chi connectivity index (χ0v) is 14.1. The molecule has 0 fully saturated rings. The topological polar surface area (TPSA) is 49.4 Å². The first-order chi connectivity index (χ1) is 11.7. The van der Waals surface area contributed by atoms with Crippen molar-refractivity contribution in [1.82, 2.24) is 10.2 Å². The van der Waals surface area contributed by atoms with Gasteiger partial charge in [-0.3, -0.25) is 9.59 Å². The Kier molecular flexibility index (Phi) is 7.02. The molecule has 2 rings (SSSR count). The summed E-state index contributed by atoms with van der Waals surface area (Å²) >= 11 is 0. The highest BCUT2D eigenvalue weighted by atomic mass is 16.2. The summed E-state index contributed by atoms with van der Waals surface area (Å²) in [5.74, 6) is -1.02. The van der Waals surface area contributed by atoms with Gasteiger partial charge in [0, 0.05) is 19.6 Å². The van der Waals surface area contributed by atoms with Gasteiger partial charge in [-0.2, -0.15) is 0 Å². The van der Waals surface area contributed by atoms with Crippen LogP contribution in [0.5, 0.6) is 0 Å². The Labute approximate surface area is 143 Å². The summed E-state index contributed by atoms with van der Waals surface area (Å²) in [6.45, 7) is 3.40. The van der Waals surface area contributed by atoms with E-state index < -0.39 is 11.8 Å². The lowest BCUT2D eigenvalue weighted by Crippen LogP contribution is -2.42. The highest BCUT2D eigenvalue weighted by Gasteiger charge is 2.21. The zero-order valence-electron chi connectivity index (χ0n) is 14.1. The van der Waals surface area contributed by atoms with E-state index in [1.54, 1.807) is 4.90 Å². The van der Waals surface area contributed by atoms with Crippen LogP contribution in [0.1, 0.15) is 30.9 Å². The third-order valence-electron chi connectivity index (χ3n) is 3.73. The van der Waals surface area contributed by atoms with Crippen molar-refractivity contribution in [1.29, 1.82) is 0 Å². The Morgan fingerprint density at radius 3 is 1.83 bits per heavy atom. The summed E-state index contributed by atoms with van der Waals surface area (Å²) in [6.07, 6.45) is 1.85. The fourth-order valence-corrected chi connectivity index (χ4v) is 2.41. The standard InChI is InChI=1S/C20H24N2O2/c1-2-3-14-21-19(23)20(24)22(15-17-10-6-4-7-11-17)16-18-12-8-5-9-13-18/h4-13H,2-3,14-16H2,1H3,(H,21,23). The molecule has 2 aromatic rings. The smallest absolute Gasteiger partial charge is 0.312 e. The lowest BCUT2D eigenvalue weighted by molar-refractivity contribution is -0.146. The first kappa shape index (κ1) is 17.7. The molecule has 0 unspecified atom stereocenters. The van der Waals surface area contributed by atoms with Crippen LogP contribution in [-0.4, -0.2) is 23.3 Å². The van der Waals surface area contributed by atoms with Crippen molar-refractivity contribution in [3.05, 3.63) is 71.8 Å². The van der Waals surface area contributed by atoms with Crippen LogP contribution in [0, 0.1) is 0 Å². The molecule has 0 aliphatic carbocycles. The summed E-state index contributed by atoms with van der Waals surface area (Å²) < 4.78 is 0. The van der Waals surface area contributed by atoms with Crippen LogP contribution < -0.4 is 5.32 Å². The largest absolute Gasteiger partial charge is 0.348 e. The molecule has 0 bridgehead atoms.